The van der Waals surface area contributed by atoms with Gasteiger partial charge in [-0.15, -0.1) is 0 Å². The molecule has 0 aromatic carbocycles. The van der Waals surface area contributed by atoms with E-state index in [1.807, 2.05) is 0 Å². The monoisotopic (exact) mass is 267 g/mol. The Bertz CT molecular complexity index is 231. The molecule has 1 saturated heterocycles. The second-order valence-corrected chi connectivity index (χ2v) is 5.81. The van der Waals surface area contributed by atoms with E-state index in [0.29, 0.717) is 0 Å². The lowest BCUT2D eigenvalue weighted by atomic mass is 10.1. The summed E-state index contributed by atoms with van der Waals surface area (Å²) in [6.45, 7) is 9.84. The topological polar surface area (TPSA) is 12.5 Å². The molecule has 1 heterocycles. The zero-order valence-electron chi connectivity index (χ0n) is 13.1. The molecular formula is C17H33NO. The van der Waals surface area contributed by atoms with Crippen LogP contribution in [0.4, 0.5) is 0 Å². The number of allylic oxidation sites excluding steroid dienone is 1. The van der Waals surface area contributed by atoms with E-state index in [0.717, 1.165) is 26.3 Å². The van der Waals surface area contributed by atoms with Gasteiger partial charge >= 0.3 is 0 Å². The summed E-state index contributed by atoms with van der Waals surface area (Å²) in [5.74, 6) is 0. The van der Waals surface area contributed by atoms with Gasteiger partial charge in [0.25, 0.3) is 0 Å². The Morgan fingerprint density at radius 2 is 1.74 bits per heavy atom. The van der Waals surface area contributed by atoms with E-state index in [9.17, 15) is 0 Å². The SMILES string of the molecule is CCCCCCCCC=C(C)CCN1CCOCC1. The van der Waals surface area contributed by atoms with E-state index in [-0.39, 0.29) is 0 Å². The molecule has 0 aromatic rings. The molecule has 0 radical (unpaired) electrons. The van der Waals surface area contributed by atoms with Crippen molar-refractivity contribution >= 4 is 0 Å². The average Bonchev–Trinajstić information content (AvgIpc) is 2.45. The van der Waals surface area contributed by atoms with Gasteiger partial charge in [-0.1, -0.05) is 50.7 Å². The van der Waals surface area contributed by atoms with Gasteiger partial charge in [-0.25, -0.2) is 0 Å². The van der Waals surface area contributed by atoms with Crippen molar-refractivity contribution in [1.29, 1.82) is 0 Å². The van der Waals surface area contributed by atoms with Crippen LogP contribution in [0.2, 0.25) is 0 Å². The molecule has 1 aliphatic rings. The van der Waals surface area contributed by atoms with E-state index in [2.05, 4.69) is 24.8 Å². The minimum atomic E-state index is 0.917. The van der Waals surface area contributed by atoms with Gasteiger partial charge in [0.1, 0.15) is 0 Å². The van der Waals surface area contributed by atoms with Crippen LogP contribution in [0, 0.1) is 0 Å². The maximum atomic E-state index is 5.37. The average molecular weight is 267 g/mol. The lowest BCUT2D eigenvalue weighted by Gasteiger charge is -2.26. The third-order valence-electron chi connectivity index (χ3n) is 3.98. The number of nitrogens with zero attached hydrogens (tertiary/aromatic N) is 1. The van der Waals surface area contributed by atoms with Gasteiger partial charge in [0.15, 0.2) is 0 Å². The quantitative estimate of drug-likeness (QED) is 0.429. The largest absolute Gasteiger partial charge is 0.379 e. The van der Waals surface area contributed by atoms with Gasteiger partial charge in [-0.2, -0.15) is 0 Å². The highest BCUT2D eigenvalue weighted by molar-refractivity contribution is 4.98. The summed E-state index contributed by atoms with van der Waals surface area (Å²) in [7, 11) is 0. The third-order valence-corrected chi connectivity index (χ3v) is 3.98. The molecule has 0 aromatic heterocycles. The van der Waals surface area contributed by atoms with Crippen molar-refractivity contribution in [2.24, 2.45) is 0 Å². The van der Waals surface area contributed by atoms with Crippen LogP contribution in [0.15, 0.2) is 11.6 Å². The molecule has 0 saturated carbocycles. The van der Waals surface area contributed by atoms with E-state index in [4.69, 9.17) is 4.74 Å². The Hall–Kier alpha value is -0.340. The van der Waals surface area contributed by atoms with E-state index < -0.39 is 0 Å². The smallest absolute Gasteiger partial charge is 0.0594 e. The molecule has 19 heavy (non-hydrogen) atoms. The van der Waals surface area contributed by atoms with Crippen LogP contribution in [0.3, 0.4) is 0 Å². The normalized spacial score (nSPS) is 17.9. The zero-order valence-corrected chi connectivity index (χ0v) is 13.1. The number of ether oxygens (including phenoxy) is 1. The highest BCUT2D eigenvalue weighted by Gasteiger charge is 2.09. The van der Waals surface area contributed by atoms with Crippen LogP contribution >= 0.6 is 0 Å². The molecule has 1 rings (SSSR count). The van der Waals surface area contributed by atoms with Crippen molar-refractivity contribution in [2.45, 2.75) is 65.2 Å². The van der Waals surface area contributed by atoms with E-state index in [1.54, 1.807) is 5.57 Å². The molecular weight excluding hydrogens is 234 g/mol. The Morgan fingerprint density at radius 1 is 1.05 bits per heavy atom. The third kappa shape index (κ3) is 9.23. The number of unbranched alkanes of at least 4 members (excludes halogenated alkanes) is 6. The highest BCUT2D eigenvalue weighted by atomic mass is 16.5. The number of hydrogen-bond donors (Lipinski definition) is 0. The Balaban J connectivity index is 1.95. The first-order valence-corrected chi connectivity index (χ1v) is 8.28. The fraction of sp³-hybridized carbons (Fsp3) is 0.882. The van der Waals surface area contributed by atoms with Gasteiger partial charge in [0, 0.05) is 19.6 Å². The number of hydrogen-bond acceptors (Lipinski definition) is 2. The zero-order chi connectivity index (χ0) is 13.8. The molecule has 2 nitrogen and oxygen atoms in total. The first-order chi connectivity index (χ1) is 9.33. The van der Waals surface area contributed by atoms with Crippen molar-refractivity contribution in [3.63, 3.8) is 0 Å². The number of rotatable bonds is 10. The maximum Gasteiger partial charge on any atom is 0.0594 e. The first kappa shape index (κ1) is 16.7. The summed E-state index contributed by atoms with van der Waals surface area (Å²) < 4.78 is 5.37. The van der Waals surface area contributed by atoms with Crippen LogP contribution in [0.1, 0.15) is 65.2 Å². The summed E-state index contributed by atoms with van der Waals surface area (Å²) in [5, 5.41) is 0. The van der Waals surface area contributed by atoms with Crippen molar-refractivity contribution < 1.29 is 4.74 Å². The lowest BCUT2D eigenvalue weighted by molar-refractivity contribution is 0.0384. The molecule has 0 amide bonds. The van der Waals surface area contributed by atoms with Crippen LogP contribution in [-0.4, -0.2) is 37.7 Å². The maximum absolute atomic E-state index is 5.37. The van der Waals surface area contributed by atoms with Crippen LogP contribution in [0.25, 0.3) is 0 Å². The van der Waals surface area contributed by atoms with Crippen molar-refractivity contribution in [2.75, 3.05) is 32.8 Å². The van der Waals surface area contributed by atoms with Crippen LogP contribution < -0.4 is 0 Å². The Labute approximate surface area is 120 Å². The predicted octanol–water partition coefficient (Wildman–Crippen LogP) is 4.41. The van der Waals surface area contributed by atoms with Gasteiger partial charge in [0.05, 0.1) is 13.2 Å². The van der Waals surface area contributed by atoms with E-state index >= 15 is 0 Å². The molecule has 0 aliphatic carbocycles. The Kier molecular flexibility index (Phi) is 10.1. The van der Waals surface area contributed by atoms with Crippen molar-refractivity contribution in [3.8, 4) is 0 Å². The molecule has 112 valence electrons. The summed E-state index contributed by atoms with van der Waals surface area (Å²) in [5.41, 5.74) is 1.57. The minimum Gasteiger partial charge on any atom is -0.379 e. The summed E-state index contributed by atoms with van der Waals surface area (Å²) in [6, 6.07) is 0. The fourth-order valence-electron chi connectivity index (χ4n) is 2.53. The van der Waals surface area contributed by atoms with Gasteiger partial charge in [-0.05, 0) is 26.2 Å². The minimum absolute atomic E-state index is 0.917. The van der Waals surface area contributed by atoms with E-state index in [1.165, 1.54) is 57.9 Å². The van der Waals surface area contributed by atoms with Crippen LogP contribution in [0.5, 0.6) is 0 Å². The van der Waals surface area contributed by atoms with Crippen molar-refractivity contribution in [1.82, 2.24) is 4.90 Å². The molecule has 0 spiro atoms. The molecule has 1 aliphatic heterocycles. The van der Waals surface area contributed by atoms with Gasteiger partial charge in [0.2, 0.25) is 0 Å². The number of morpholine rings is 1. The molecule has 0 atom stereocenters. The molecule has 0 unspecified atom stereocenters. The molecule has 0 N–H and O–H groups in total. The second-order valence-electron chi connectivity index (χ2n) is 5.81. The molecule has 0 bridgehead atoms. The van der Waals surface area contributed by atoms with Gasteiger partial charge < -0.3 is 4.74 Å². The van der Waals surface area contributed by atoms with Crippen LogP contribution in [-0.2, 0) is 4.74 Å². The fourth-order valence-corrected chi connectivity index (χ4v) is 2.53. The summed E-state index contributed by atoms with van der Waals surface area (Å²) >= 11 is 0. The first-order valence-electron chi connectivity index (χ1n) is 8.28. The lowest BCUT2D eigenvalue weighted by Crippen LogP contribution is -2.36. The summed E-state index contributed by atoms with van der Waals surface area (Å²) in [6.07, 6.45) is 13.4. The molecule has 2 heteroatoms. The second kappa shape index (κ2) is 11.5. The highest BCUT2D eigenvalue weighted by Crippen LogP contribution is 2.10. The van der Waals surface area contributed by atoms with Gasteiger partial charge in [-0.3, -0.25) is 4.90 Å². The molecule has 1 fully saturated rings. The standard InChI is InChI=1S/C17H33NO/c1-3-4-5-6-7-8-9-10-17(2)11-12-18-13-15-19-16-14-18/h10H,3-9,11-16H2,1-2H3. The Morgan fingerprint density at radius 3 is 2.47 bits per heavy atom. The predicted molar refractivity (Wildman–Crippen MR) is 83.6 cm³/mol. The summed E-state index contributed by atoms with van der Waals surface area (Å²) in [4.78, 5) is 2.52. The van der Waals surface area contributed by atoms with Crippen molar-refractivity contribution in [3.05, 3.63) is 11.6 Å².